The Bertz CT molecular complexity index is 151. The predicted octanol–water partition coefficient (Wildman–Crippen LogP) is 1.70. The Hall–Kier alpha value is -0.220. The molecule has 2 nitrogen and oxygen atoms in total. The zero-order valence-corrected chi connectivity index (χ0v) is 6.73. The van der Waals surface area contributed by atoms with Crippen LogP contribution in [-0.2, 0) is 4.84 Å². The van der Waals surface area contributed by atoms with Crippen LogP contribution in [0.1, 0.15) is 26.7 Å². The van der Waals surface area contributed by atoms with Gasteiger partial charge < -0.3 is 0 Å². The number of halogens is 2. The van der Waals surface area contributed by atoms with Crippen molar-refractivity contribution in [3.63, 3.8) is 0 Å². The molecule has 1 aliphatic carbocycles. The summed E-state index contributed by atoms with van der Waals surface area (Å²) < 4.78 is 24.7. The molecule has 0 aromatic heterocycles. The zero-order valence-electron chi connectivity index (χ0n) is 6.73. The number of hydrogen-bond donors (Lipinski definition) is 1. The lowest BCUT2D eigenvalue weighted by Crippen LogP contribution is -2.49. The van der Waals surface area contributed by atoms with E-state index in [2.05, 4.69) is 4.84 Å². The lowest BCUT2D eigenvalue weighted by molar-refractivity contribution is -0.184. The van der Waals surface area contributed by atoms with Gasteiger partial charge in [-0.2, -0.15) is 0 Å². The molecule has 66 valence electrons. The van der Waals surface area contributed by atoms with Gasteiger partial charge in [-0.25, -0.2) is 14.7 Å². The molecule has 0 heterocycles. The van der Waals surface area contributed by atoms with Crippen molar-refractivity contribution in [2.45, 2.75) is 38.2 Å². The Kier molecular flexibility index (Phi) is 1.92. The van der Waals surface area contributed by atoms with Crippen molar-refractivity contribution in [1.82, 2.24) is 0 Å². The van der Waals surface area contributed by atoms with Gasteiger partial charge in [-0.15, -0.1) is 0 Å². The van der Waals surface area contributed by atoms with Gasteiger partial charge in [-0.3, -0.25) is 4.84 Å². The van der Waals surface area contributed by atoms with Crippen LogP contribution in [0.5, 0.6) is 0 Å². The molecule has 0 saturated heterocycles. The number of nitrogens with two attached hydrogens (primary N) is 1. The van der Waals surface area contributed by atoms with Gasteiger partial charge in [0.1, 0.15) is 0 Å². The van der Waals surface area contributed by atoms with Crippen LogP contribution in [0.3, 0.4) is 0 Å². The molecule has 2 N–H and O–H groups in total. The third-order valence-electron chi connectivity index (χ3n) is 2.38. The van der Waals surface area contributed by atoms with Crippen molar-refractivity contribution in [1.29, 1.82) is 0 Å². The summed E-state index contributed by atoms with van der Waals surface area (Å²) in [5.41, 5.74) is -0.609. The van der Waals surface area contributed by atoms with E-state index < -0.39 is 11.5 Å². The van der Waals surface area contributed by atoms with Gasteiger partial charge in [0.05, 0.1) is 5.60 Å². The Morgan fingerprint density at radius 2 is 1.91 bits per heavy atom. The summed E-state index contributed by atoms with van der Waals surface area (Å²) in [4.78, 5) is 4.60. The minimum absolute atomic E-state index is 0.100. The molecule has 0 amide bonds. The second-order valence-corrected chi connectivity index (χ2v) is 3.68. The van der Waals surface area contributed by atoms with Crippen LogP contribution in [0.25, 0.3) is 0 Å². The highest BCUT2D eigenvalue weighted by Crippen LogP contribution is 2.48. The first-order valence-corrected chi connectivity index (χ1v) is 3.63. The number of hydrogen-bond acceptors (Lipinski definition) is 2. The van der Waals surface area contributed by atoms with Crippen molar-refractivity contribution in [3.8, 4) is 0 Å². The van der Waals surface area contributed by atoms with Crippen molar-refractivity contribution in [2.75, 3.05) is 0 Å². The van der Waals surface area contributed by atoms with Crippen LogP contribution in [0.15, 0.2) is 0 Å². The molecule has 0 atom stereocenters. The lowest BCUT2D eigenvalue weighted by Gasteiger charge is -2.43. The highest BCUT2D eigenvalue weighted by molar-refractivity contribution is 4.94. The molecule has 1 saturated carbocycles. The third-order valence-corrected chi connectivity index (χ3v) is 2.38. The average Bonchev–Trinajstić information content (AvgIpc) is 1.83. The molecule has 0 aromatic rings. The van der Waals surface area contributed by atoms with Gasteiger partial charge >= 0.3 is 0 Å². The van der Waals surface area contributed by atoms with Gasteiger partial charge in [-0.05, 0) is 13.8 Å². The van der Waals surface area contributed by atoms with Gasteiger partial charge in [0, 0.05) is 18.8 Å². The summed E-state index contributed by atoms with van der Waals surface area (Å²) in [6, 6.07) is 0. The van der Waals surface area contributed by atoms with E-state index >= 15 is 0 Å². The maximum absolute atomic E-state index is 12.4. The second kappa shape index (κ2) is 2.38. The van der Waals surface area contributed by atoms with Crippen LogP contribution >= 0.6 is 0 Å². The molecule has 0 aromatic carbocycles. The first kappa shape index (κ1) is 8.87. The normalized spacial score (nSPS) is 24.8. The van der Waals surface area contributed by atoms with E-state index in [4.69, 9.17) is 5.90 Å². The first-order valence-electron chi connectivity index (χ1n) is 3.63. The van der Waals surface area contributed by atoms with Gasteiger partial charge in [0.25, 0.3) is 0 Å². The van der Waals surface area contributed by atoms with Crippen molar-refractivity contribution < 1.29 is 13.6 Å². The SMILES string of the molecule is CC(C)(ON)C1CC(F)(F)C1. The predicted molar refractivity (Wildman–Crippen MR) is 37.0 cm³/mol. The third kappa shape index (κ3) is 1.68. The molecular formula is C7H13F2NO. The standard InChI is InChI=1S/C7H13F2NO/c1-6(2,11-10)5-3-7(8,9)4-5/h5H,3-4,10H2,1-2H3. The zero-order chi connectivity index (χ0) is 8.70. The summed E-state index contributed by atoms with van der Waals surface area (Å²) >= 11 is 0. The summed E-state index contributed by atoms with van der Waals surface area (Å²) in [6.07, 6.45) is -0.200. The molecule has 0 bridgehead atoms. The summed E-state index contributed by atoms with van der Waals surface area (Å²) in [5, 5.41) is 0. The van der Waals surface area contributed by atoms with Crippen molar-refractivity contribution in [2.24, 2.45) is 11.8 Å². The van der Waals surface area contributed by atoms with Crippen molar-refractivity contribution in [3.05, 3.63) is 0 Å². The average molecular weight is 165 g/mol. The van der Waals surface area contributed by atoms with E-state index in [0.29, 0.717) is 0 Å². The van der Waals surface area contributed by atoms with Crippen LogP contribution in [0.4, 0.5) is 8.78 Å². The molecule has 1 aliphatic rings. The molecule has 4 heteroatoms. The first-order chi connectivity index (χ1) is 4.87. The van der Waals surface area contributed by atoms with E-state index in [1.54, 1.807) is 13.8 Å². The summed E-state index contributed by atoms with van der Waals surface area (Å²) in [6.45, 7) is 3.46. The topological polar surface area (TPSA) is 35.2 Å². The highest BCUT2D eigenvalue weighted by Gasteiger charge is 2.51. The highest BCUT2D eigenvalue weighted by atomic mass is 19.3. The number of alkyl halides is 2. The number of rotatable bonds is 2. The van der Waals surface area contributed by atoms with Gasteiger partial charge in [-0.1, -0.05) is 0 Å². The van der Waals surface area contributed by atoms with E-state index in [1.165, 1.54) is 0 Å². The molecule has 1 rings (SSSR count). The molecule has 0 spiro atoms. The smallest absolute Gasteiger partial charge is 0.248 e. The molecule has 0 unspecified atom stereocenters. The van der Waals surface area contributed by atoms with E-state index in [1.807, 2.05) is 0 Å². The monoisotopic (exact) mass is 165 g/mol. The van der Waals surface area contributed by atoms with Crippen molar-refractivity contribution >= 4 is 0 Å². The fraction of sp³-hybridized carbons (Fsp3) is 1.00. The molecule has 11 heavy (non-hydrogen) atoms. The quantitative estimate of drug-likeness (QED) is 0.632. The van der Waals surface area contributed by atoms with E-state index in [9.17, 15) is 8.78 Å². The van der Waals surface area contributed by atoms with Crippen LogP contribution in [-0.4, -0.2) is 11.5 Å². The Labute approximate surface area is 64.7 Å². The molecule has 0 aliphatic heterocycles. The molecule has 1 fully saturated rings. The minimum atomic E-state index is -2.49. The van der Waals surface area contributed by atoms with Crippen LogP contribution < -0.4 is 5.90 Å². The minimum Gasteiger partial charge on any atom is -0.298 e. The summed E-state index contributed by atoms with van der Waals surface area (Å²) in [5.74, 6) is 2.37. The maximum Gasteiger partial charge on any atom is 0.248 e. The van der Waals surface area contributed by atoms with Gasteiger partial charge in [0.15, 0.2) is 0 Å². The van der Waals surface area contributed by atoms with E-state index in [-0.39, 0.29) is 18.8 Å². The Morgan fingerprint density at radius 3 is 2.18 bits per heavy atom. The fourth-order valence-corrected chi connectivity index (χ4v) is 1.25. The second-order valence-electron chi connectivity index (χ2n) is 3.68. The Balaban J connectivity index is 2.43. The maximum atomic E-state index is 12.4. The summed E-state index contributed by atoms with van der Waals surface area (Å²) in [7, 11) is 0. The Morgan fingerprint density at radius 1 is 1.45 bits per heavy atom. The van der Waals surface area contributed by atoms with Crippen LogP contribution in [0.2, 0.25) is 0 Å². The van der Waals surface area contributed by atoms with E-state index in [0.717, 1.165) is 0 Å². The van der Waals surface area contributed by atoms with Crippen LogP contribution in [0, 0.1) is 5.92 Å². The molecular weight excluding hydrogens is 152 g/mol. The lowest BCUT2D eigenvalue weighted by atomic mass is 9.72. The molecule has 0 radical (unpaired) electrons. The largest absolute Gasteiger partial charge is 0.298 e. The fourth-order valence-electron chi connectivity index (χ4n) is 1.25. The van der Waals surface area contributed by atoms with Gasteiger partial charge in [0.2, 0.25) is 5.92 Å².